The van der Waals surface area contributed by atoms with Gasteiger partial charge in [0.25, 0.3) is 0 Å². The Morgan fingerprint density at radius 3 is 1.77 bits per heavy atom. The van der Waals surface area contributed by atoms with Crippen LogP contribution in [0, 0.1) is 0 Å². The number of nitrogens with zero attached hydrogens (tertiary/aromatic N) is 1. The molecule has 0 amide bonds. The minimum Gasteiger partial charge on any atom is -0.497 e. The lowest BCUT2D eigenvalue weighted by molar-refractivity contribution is 0.223. The summed E-state index contributed by atoms with van der Waals surface area (Å²) >= 11 is 0. The van der Waals surface area contributed by atoms with Crippen LogP contribution >= 0.6 is 0 Å². The van der Waals surface area contributed by atoms with Crippen molar-refractivity contribution in [1.29, 1.82) is 0 Å². The van der Waals surface area contributed by atoms with Crippen molar-refractivity contribution in [1.82, 2.24) is 4.90 Å². The van der Waals surface area contributed by atoms with Crippen LogP contribution in [0.3, 0.4) is 0 Å². The van der Waals surface area contributed by atoms with E-state index in [2.05, 4.69) is 86.3 Å². The molecule has 0 radical (unpaired) electrons. The van der Waals surface area contributed by atoms with Gasteiger partial charge in [0.15, 0.2) is 0 Å². The molecule has 3 nitrogen and oxygen atoms in total. The topological polar surface area (TPSA) is 21.7 Å². The van der Waals surface area contributed by atoms with Gasteiger partial charge in [-0.15, -0.1) is 0 Å². The zero-order valence-corrected chi connectivity index (χ0v) is 19.1. The molecule has 0 saturated heterocycles. The van der Waals surface area contributed by atoms with Crippen molar-refractivity contribution < 1.29 is 9.47 Å². The predicted octanol–water partition coefficient (Wildman–Crippen LogP) is 6.39. The van der Waals surface area contributed by atoms with Gasteiger partial charge in [-0.2, -0.15) is 0 Å². The van der Waals surface area contributed by atoms with Gasteiger partial charge < -0.3 is 14.4 Å². The first-order valence-corrected chi connectivity index (χ1v) is 11.0. The van der Waals surface area contributed by atoms with Crippen LogP contribution < -0.4 is 9.47 Å². The van der Waals surface area contributed by atoms with Gasteiger partial charge in [0.2, 0.25) is 0 Å². The summed E-state index contributed by atoms with van der Waals surface area (Å²) in [6, 6.07) is 27.2. The molecule has 31 heavy (non-hydrogen) atoms. The number of hydrogen-bond donors (Lipinski definition) is 0. The van der Waals surface area contributed by atoms with Crippen LogP contribution in [0.5, 0.6) is 11.5 Å². The van der Waals surface area contributed by atoms with E-state index in [4.69, 9.17) is 9.47 Å². The normalized spacial score (nSPS) is 11.9. The van der Waals surface area contributed by atoms with Gasteiger partial charge in [-0.05, 0) is 72.1 Å². The van der Waals surface area contributed by atoms with E-state index in [1.54, 1.807) is 7.11 Å². The molecule has 0 aliphatic heterocycles. The third kappa shape index (κ3) is 5.99. The molecular formula is C28H33NO2. The SMILES string of the molecule is CCN(CC)CCOc1ccc(C(=C(C)c2ccccc2)c2ccc(OC)cc2)cc1. The first-order valence-electron chi connectivity index (χ1n) is 11.0. The summed E-state index contributed by atoms with van der Waals surface area (Å²) in [4.78, 5) is 2.36. The standard InChI is InChI=1S/C28H33NO2/c1-5-29(6-2)20-21-31-27-18-14-25(15-19-27)28(22(3)23-10-8-7-9-11-23)24-12-16-26(30-4)17-13-24/h7-19H,5-6,20-21H2,1-4H3. The van der Waals surface area contributed by atoms with Crippen LogP contribution in [-0.2, 0) is 0 Å². The van der Waals surface area contributed by atoms with Crippen molar-refractivity contribution in [3.63, 3.8) is 0 Å². The predicted molar refractivity (Wildman–Crippen MR) is 131 cm³/mol. The van der Waals surface area contributed by atoms with E-state index < -0.39 is 0 Å². The van der Waals surface area contributed by atoms with Gasteiger partial charge in [0.05, 0.1) is 7.11 Å². The highest BCUT2D eigenvalue weighted by atomic mass is 16.5. The van der Waals surface area contributed by atoms with Crippen molar-refractivity contribution in [3.05, 3.63) is 95.6 Å². The maximum Gasteiger partial charge on any atom is 0.119 e. The molecular weight excluding hydrogens is 382 g/mol. The summed E-state index contributed by atoms with van der Waals surface area (Å²) < 4.78 is 11.3. The fourth-order valence-electron chi connectivity index (χ4n) is 3.74. The summed E-state index contributed by atoms with van der Waals surface area (Å²) in [7, 11) is 1.69. The maximum atomic E-state index is 5.98. The Labute approximate surface area is 186 Å². The lowest BCUT2D eigenvalue weighted by atomic mass is 9.90. The molecule has 0 fully saturated rings. The molecule has 0 N–H and O–H groups in total. The van der Waals surface area contributed by atoms with Crippen LogP contribution in [-0.4, -0.2) is 38.3 Å². The zero-order chi connectivity index (χ0) is 22.1. The molecule has 0 aliphatic rings. The van der Waals surface area contributed by atoms with E-state index in [9.17, 15) is 0 Å². The van der Waals surface area contributed by atoms with Crippen LogP contribution in [0.25, 0.3) is 11.1 Å². The van der Waals surface area contributed by atoms with Gasteiger partial charge in [0, 0.05) is 6.54 Å². The number of ether oxygens (including phenoxy) is 2. The summed E-state index contributed by atoms with van der Waals surface area (Å²) in [6.45, 7) is 10.3. The van der Waals surface area contributed by atoms with E-state index >= 15 is 0 Å². The highest BCUT2D eigenvalue weighted by molar-refractivity contribution is 5.97. The first kappa shape index (κ1) is 22.6. The molecule has 0 heterocycles. The maximum absolute atomic E-state index is 5.98. The van der Waals surface area contributed by atoms with Gasteiger partial charge in [-0.25, -0.2) is 0 Å². The quantitative estimate of drug-likeness (QED) is 0.358. The lowest BCUT2D eigenvalue weighted by Crippen LogP contribution is -2.27. The Hall–Kier alpha value is -3.04. The van der Waals surface area contributed by atoms with Crippen LogP contribution in [0.1, 0.15) is 37.5 Å². The summed E-state index contributed by atoms with van der Waals surface area (Å²) in [5.74, 6) is 1.76. The van der Waals surface area contributed by atoms with E-state index in [0.717, 1.165) is 36.7 Å². The van der Waals surface area contributed by atoms with Crippen molar-refractivity contribution in [2.24, 2.45) is 0 Å². The minimum absolute atomic E-state index is 0.700. The fraction of sp³-hybridized carbons (Fsp3) is 0.286. The van der Waals surface area contributed by atoms with Crippen molar-refractivity contribution >= 4 is 11.1 Å². The number of likely N-dealkylation sites (N-methyl/N-ethyl adjacent to an activating group) is 1. The molecule has 3 aromatic rings. The molecule has 0 bridgehead atoms. The Balaban J connectivity index is 1.89. The smallest absolute Gasteiger partial charge is 0.119 e. The molecule has 162 valence electrons. The number of benzene rings is 3. The minimum atomic E-state index is 0.700. The second-order valence-corrected chi connectivity index (χ2v) is 7.49. The molecule has 3 heteroatoms. The van der Waals surface area contributed by atoms with E-state index in [-0.39, 0.29) is 0 Å². The highest BCUT2D eigenvalue weighted by Gasteiger charge is 2.11. The average Bonchev–Trinajstić information content (AvgIpc) is 2.84. The van der Waals surface area contributed by atoms with Gasteiger partial charge in [-0.1, -0.05) is 68.4 Å². The molecule has 3 aromatic carbocycles. The third-order valence-corrected chi connectivity index (χ3v) is 5.67. The van der Waals surface area contributed by atoms with Crippen molar-refractivity contribution in [2.45, 2.75) is 20.8 Å². The van der Waals surface area contributed by atoms with Crippen molar-refractivity contribution in [2.75, 3.05) is 33.4 Å². The molecule has 3 rings (SSSR count). The molecule has 0 atom stereocenters. The summed E-state index contributed by atoms with van der Waals surface area (Å²) in [5.41, 5.74) is 6.00. The third-order valence-electron chi connectivity index (χ3n) is 5.67. The monoisotopic (exact) mass is 415 g/mol. The Bertz CT molecular complexity index is 956. The number of rotatable bonds is 10. The second-order valence-electron chi connectivity index (χ2n) is 7.49. The van der Waals surface area contributed by atoms with Crippen LogP contribution in [0.15, 0.2) is 78.9 Å². The first-order chi connectivity index (χ1) is 15.2. The molecule has 0 saturated carbocycles. The zero-order valence-electron chi connectivity index (χ0n) is 19.1. The Morgan fingerprint density at radius 1 is 0.710 bits per heavy atom. The lowest BCUT2D eigenvalue weighted by Gasteiger charge is -2.18. The molecule has 0 aliphatic carbocycles. The Kier molecular flexibility index (Phi) is 8.31. The largest absolute Gasteiger partial charge is 0.497 e. The number of hydrogen-bond acceptors (Lipinski definition) is 3. The highest BCUT2D eigenvalue weighted by Crippen LogP contribution is 2.33. The van der Waals surface area contributed by atoms with Crippen LogP contribution in [0.4, 0.5) is 0 Å². The van der Waals surface area contributed by atoms with Gasteiger partial charge in [0.1, 0.15) is 18.1 Å². The fourth-order valence-corrected chi connectivity index (χ4v) is 3.74. The average molecular weight is 416 g/mol. The second kappa shape index (κ2) is 11.4. The number of allylic oxidation sites excluding steroid dienone is 1. The summed E-state index contributed by atoms with van der Waals surface area (Å²) in [5, 5.41) is 0. The van der Waals surface area contributed by atoms with Crippen molar-refractivity contribution in [3.8, 4) is 11.5 Å². The van der Waals surface area contributed by atoms with E-state index in [0.29, 0.717) is 6.61 Å². The summed E-state index contributed by atoms with van der Waals surface area (Å²) in [6.07, 6.45) is 0. The molecule has 0 spiro atoms. The molecule has 0 aromatic heterocycles. The van der Waals surface area contributed by atoms with Gasteiger partial charge in [-0.3, -0.25) is 0 Å². The van der Waals surface area contributed by atoms with E-state index in [1.165, 1.54) is 22.3 Å². The van der Waals surface area contributed by atoms with Gasteiger partial charge >= 0.3 is 0 Å². The van der Waals surface area contributed by atoms with E-state index in [1.807, 2.05) is 18.2 Å². The Morgan fingerprint density at radius 2 is 1.26 bits per heavy atom. The molecule has 0 unspecified atom stereocenters. The van der Waals surface area contributed by atoms with Crippen LogP contribution in [0.2, 0.25) is 0 Å². The number of methoxy groups -OCH3 is 1.